The zero-order chi connectivity index (χ0) is 12.2. The first-order valence-electron chi connectivity index (χ1n) is 6.56. The lowest BCUT2D eigenvalue weighted by atomic mass is 9.92. The highest BCUT2D eigenvalue weighted by Gasteiger charge is 2.27. The zero-order valence-corrected chi connectivity index (χ0v) is 11.3. The van der Waals surface area contributed by atoms with Crippen molar-refractivity contribution in [2.45, 2.75) is 51.7 Å². The molecule has 0 saturated carbocycles. The molecule has 16 heavy (non-hydrogen) atoms. The molecule has 0 spiro atoms. The molecule has 2 atom stereocenters. The Labute approximate surface area is 100 Å². The Morgan fingerprint density at radius 1 is 1.44 bits per heavy atom. The predicted octanol–water partition coefficient (Wildman–Crippen LogP) is 1.47. The van der Waals surface area contributed by atoms with Gasteiger partial charge in [0.05, 0.1) is 5.60 Å². The Bertz CT molecular complexity index is 198. The van der Waals surface area contributed by atoms with Gasteiger partial charge < -0.3 is 15.3 Å². The van der Waals surface area contributed by atoms with Crippen LogP contribution in [-0.4, -0.2) is 48.3 Å². The van der Waals surface area contributed by atoms with E-state index in [2.05, 4.69) is 31.1 Å². The Morgan fingerprint density at radius 2 is 2.12 bits per heavy atom. The van der Waals surface area contributed by atoms with Gasteiger partial charge in [-0.15, -0.1) is 0 Å². The van der Waals surface area contributed by atoms with Crippen LogP contribution >= 0.6 is 0 Å². The standard InChI is InChI=1S/C13H28N2O/c1-11(2)13(3,16)10-15(4)9-12-7-5-6-8-14-12/h11-12,14,16H,5-10H2,1-4H3. The van der Waals surface area contributed by atoms with Gasteiger partial charge in [0.15, 0.2) is 0 Å². The first-order chi connectivity index (χ1) is 7.42. The minimum atomic E-state index is -0.580. The predicted molar refractivity (Wildman–Crippen MR) is 68.6 cm³/mol. The molecule has 1 saturated heterocycles. The number of nitrogens with one attached hydrogen (secondary N) is 1. The van der Waals surface area contributed by atoms with Gasteiger partial charge in [0, 0.05) is 19.1 Å². The van der Waals surface area contributed by atoms with Crippen LogP contribution in [0.4, 0.5) is 0 Å². The van der Waals surface area contributed by atoms with Crippen LogP contribution in [0.5, 0.6) is 0 Å². The smallest absolute Gasteiger partial charge is 0.0768 e. The SMILES string of the molecule is CC(C)C(C)(O)CN(C)CC1CCCCN1. The Hall–Kier alpha value is -0.120. The topological polar surface area (TPSA) is 35.5 Å². The molecule has 96 valence electrons. The van der Waals surface area contributed by atoms with Crippen LogP contribution in [0.1, 0.15) is 40.0 Å². The minimum Gasteiger partial charge on any atom is -0.389 e. The highest BCUT2D eigenvalue weighted by molar-refractivity contribution is 4.82. The molecule has 1 aliphatic rings. The molecule has 3 heteroatoms. The van der Waals surface area contributed by atoms with Gasteiger partial charge in [-0.3, -0.25) is 0 Å². The summed E-state index contributed by atoms with van der Waals surface area (Å²) in [4.78, 5) is 2.25. The van der Waals surface area contributed by atoms with E-state index in [0.29, 0.717) is 12.0 Å². The van der Waals surface area contributed by atoms with E-state index in [0.717, 1.165) is 19.6 Å². The van der Waals surface area contributed by atoms with Crippen LogP contribution < -0.4 is 5.32 Å². The van der Waals surface area contributed by atoms with Crippen LogP contribution in [0, 0.1) is 5.92 Å². The lowest BCUT2D eigenvalue weighted by Gasteiger charge is -2.35. The number of piperidine rings is 1. The van der Waals surface area contributed by atoms with Crippen molar-refractivity contribution in [3.05, 3.63) is 0 Å². The second-order valence-corrected chi connectivity index (χ2v) is 5.86. The molecule has 1 aliphatic heterocycles. The summed E-state index contributed by atoms with van der Waals surface area (Å²) in [5.74, 6) is 0.300. The average molecular weight is 228 g/mol. The van der Waals surface area contributed by atoms with Crippen molar-refractivity contribution in [1.82, 2.24) is 10.2 Å². The number of likely N-dealkylation sites (N-methyl/N-ethyl adjacent to an activating group) is 1. The number of rotatable bonds is 5. The van der Waals surface area contributed by atoms with E-state index in [4.69, 9.17) is 0 Å². The van der Waals surface area contributed by atoms with Crippen molar-refractivity contribution >= 4 is 0 Å². The molecule has 0 aromatic rings. The van der Waals surface area contributed by atoms with Crippen LogP contribution in [0.15, 0.2) is 0 Å². The minimum absolute atomic E-state index is 0.300. The van der Waals surface area contributed by atoms with E-state index in [9.17, 15) is 5.11 Å². The van der Waals surface area contributed by atoms with Gasteiger partial charge in [0.2, 0.25) is 0 Å². The number of aliphatic hydroxyl groups is 1. The summed E-state index contributed by atoms with van der Waals surface area (Å²) in [6.45, 7) is 9.03. The molecule has 0 aromatic carbocycles. The number of hydrogen-bond donors (Lipinski definition) is 2. The third kappa shape index (κ3) is 4.40. The maximum atomic E-state index is 10.2. The van der Waals surface area contributed by atoms with E-state index in [1.165, 1.54) is 19.3 Å². The Balaban J connectivity index is 2.31. The first kappa shape index (κ1) is 13.9. The van der Waals surface area contributed by atoms with Crippen molar-refractivity contribution in [3.8, 4) is 0 Å². The molecule has 2 unspecified atom stereocenters. The van der Waals surface area contributed by atoms with E-state index in [-0.39, 0.29) is 0 Å². The number of nitrogens with zero attached hydrogens (tertiary/aromatic N) is 1. The van der Waals surface area contributed by atoms with E-state index in [1.807, 2.05) is 6.92 Å². The van der Waals surface area contributed by atoms with Crippen LogP contribution in [0.3, 0.4) is 0 Å². The summed E-state index contributed by atoms with van der Waals surface area (Å²) in [5.41, 5.74) is -0.580. The van der Waals surface area contributed by atoms with Gasteiger partial charge in [0.1, 0.15) is 0 Å². The largest absolute Gasteiger partial charge is 0.389 e. The van der Waals surface area contributed by atoms with Crippen molar-refractivity contribution < 1.29 is 5.11 Å². The maximum absolute atomic E-state index is 10.2. The normalized spacial score (nSPS) is 26.1. The van der Waals surface area contributed by atoms with E-state index < -0.39 is 5.60 Å². The Kier molecular flexibility index (Phi) is 5.22. The highest BCUT2D eigenvalue weighted by Crippen LogP contribution is 2.17. The summed E-state index contributed by atoms with van der Waals surface area (Å²) in [6.07, 6.45) is 3.92. The molecule has 0 aromatic heterocycles. The van der Waals surface area contributed by atoms with Gasteiger partial charge >= 0.3 is 0 Å². The van der Waals surface area contributed by atoms with Crippen LogP contribution in [0.2, 0.25) is 0 Å². The fourth-order valence-electron chi connectivity index (χ4n) is 2.25. The maximum Gasteiger partial charge on any atom is 0.0768 e. The monoisotopic (exact) mass is 228 g/mol. The molecule has 2 N–H and O–H groups in total. The number of hydrogen-bond acceptors (Lipinski definition) is 3. The van der Waals surface area contributed by atoms with Crippen LogP contribution in [0.25, 0.3) is 0 Å². The molecule has 1 rings (SSSR count). The van der Waals surface area contributed by atoms with E-state index >= 15 is 0 Å². The van der Waals surface area contributed by atoms with Crippen molar-refractivity contribution in [3.63, 3.8) is 0 Å². The molecule has 0 radical (unpaired) electrons. The van der Waals surface area contributed by atoms with Gasteiger partial charge in [-0.1, -0.05) is 20.3 Å². The zero-order valence-electron chi connectivity index (χ0n) is 11.3. The summed E-state index contributed by atoms with van der Waals surface area (Å²) >= 11 is 0. The Morgan fingerprint density at radius 3 is 2.62 bits per heavy atom. The van der Waals surface area contributed by atoms with Crippen molar-refractivity contribution in [2.24, 2.45) is 5.92 Å². The first-order valence-corrected chi connectivity index (χ1v) is 6.56. The summed E-state index contributed by atoms with van der Waals surface area (Å²) in [7, 11) is 2.10. The molecule has 0 aliphatic carbocycles. The van der Waals surface area contributed by atoms with Crippen molar-refractivity contribution in [1.29, 1.82) is 0 Å². The summed E-state index contributed by atoms with van der Waals surface area (Å²) < 4.78 is 0. The summed E-state index contributed by atoms with van der Waals surface area (Å²) in [5, 5.41) is 13.8. The average Bonchev–Trinajstić information content (AvgIpc) is 2.17. The third-order valence-electron chi connectivity index (χ3n) is 3.78. The lowest BCUT2D eigenvalue weighted by molar-refractivity contribution is -0.0150. The second-order valence-electron chi connectivity index (χ2n) is 5.86. The van der Waals surface area contributed by atoms with Gasteiger partial charge in [0.25, 0.3) is 0 Å². The van der Waals surface area contributed by atoms with Gasteiger partial charge in [-0.25, -0.2) is 0 Å². The quantitative estimate of drug-likeness (QED) is 0.748. The molecule has 1 fully saturated rings. The molecular formula is C13H28N2O. The second kappa shape index (κ2) is 5.99. The molecular weight excluding hydrogens is 200 g/mol. The van der Waals surface area contributed by atoms with Crippen LogP contribution in [-0.2, 0) is 0 Å². The molecule has 0 bridgehead atoms. The fraction of sp³-hybridized carbons (Fsp3) is 1.00. The molecule has 3 nitrogen and oxygen atoms in total. The molecule has 1 heterocycles. The summed E-state index contributed by atoms with van der Waals surface area (Å²) in [6, 6.07) is 0.613. The third-order valence-corrected chi connectivity index (χ3v) is 3.78. The van der Waals surface area contributed by atoms with Gasteiger partial charge in [-0.05, 0) is 39.3 Å². The van der Waals surface area contributed by atoms with Crippen molar-refractivity contribution in [2.75, 3.05) is 26.7 Å². The fourth-order valence-corrected chi connectivity index (χ4v) is 2.25. The highest BCUT2D eigenvalue weighted by atomic mass is 16.3. The molecule has 0 amide bonds. The lowest BCUT2D eigenvalue weighted by Crippen LogP contribution is -2.48. The van der Waals surface area contributed by atoms with Gasteiger partial charge in [-0.2, -0.15) is 0 Å². The van der Waals surface area contributed by atoms with E-state index in [1.54, 1.807) is 0 Å².